The van der Waals surface area contributed by atoms with E-state index in [1.165, 1.54) is 56.6 Å². The lowest BCUT2D eigenvalue weighted by Crippen LogP contribution is -2.29. The van der Waals surface area contributed by atoms with E-state index < -0.39 is 0 Å². The van der Waals surface area contributed by atoms with Crippen LogP contribution in [0.1, 0.15) is 40.0 Å². The van der Waals surface area contributed by atoms with Gasteiger partial charge in [0.2, 0.25) is 0 Å². The monoisotopic (exact) mass is 250 g/mol. The topological polar surface area (TPSA) is 6.48 Å². The van der Waals surface area contributed by atoms with Gasteiger partial charge in [-0.25, -0.2) is 0 Å². The highest BCUT2D eigenvalue weighted by Gasteiger charge is 2.10. The molecule has 0 aliphatic carbocycles. The van der Waals surface area contributed by atoms with Crippen LogP contribution in [0, 0.1) is 0 Å². The summed E-state index contributed by atoms with van der Waals surface area (Å²) in [5.74, 6) is 0. The summed E-state index contributed by atoms with van der Waals surface area (Å²) in [5.41, 5.74) is 2.96. The summed E-state index contributed by atoms with van der Waals surface area (Å²) in [7, 11) is 2.23. The molecule has 2 nitrogen and oxygen atoms in total. The van der Waals surface area contributed by atoms with Crippen LogP contribution in [-0.4, -0.2) is 49.6 Å². The Morgan fingerprint density at radius 1 is 1.00 bits per heavy atom. The van der Waals surface area contributed by atoms with Crippen LogP contribution in [0.15, 0.2) is 23.3 Å². The van der Waals surface area contributed by atoms with Gasteiger partial charge >= 0.3 is 0 Å². The molecule has 0 unspecified atom stereocenters. The second-order valence-electron chi connectivity index (χ2n) is 5.83. The summed E-state index contributed by atoms with van der Waals surface area (Å²) < 4.78 is 0. The van der Waals surface area contributed by atoms with Crippen LogP contribution in [0.4, 0.5) is 0 Å². The first-order valence-corrected chi connectivity index (χ1v) is 7.28. The second kappa shape index (κ2) is 8.49. The predicted octanol–water partition coefficient (Wildman–Crippen LogP) is 3.32. The van der Waals surface area contributed by atoms with Gasteiger partial charge in [0.25, 0.3) is 0 Å². The largest absolute Gasteiger partial charge is 0.305 e. The lowest BCUT2D eigenvalue weighted by Gasteiger charge is -2.18. The van der Waals surface area contributed by atoms with Crippen molar-refractivity contribution in [2.75, 3.05) is 39.8 Å². The highest BCUT2D eigenvalue weighted by Crippen LogP contribution is 2.08. The van der Waals surface area contributed by atoms with Crippen molar-refractivity contribution >= 4 is 0 Å². The molecule has 0 atom stereocenters. The van der Waals surface area contributed by atoms with Gasteiger partial charge in [-0.3, -0.25) is 4.90 Å². The Kier molecular flexibility index (Phi) is 7.29. The van der Waals surface area contributed by atoms with E-state index in [0.717, 1.165) is 6.54 Å². The van der Waals surface area contributed by atoms with Crippen molar-refractivity contribution in [3.63, 3.8) is 0 Å². The molecule has 0 N–H and O–H groups in total. The number of nitrogens with zero attached hydrogens (tertiary/aromatic N) is 2. The Labute approximate surface area is 113 Å². The van der Waals surface area contributed by atoms with Gasteiger partial charge in [0.15, 0.2) is 0 Å². The van der Waals surface area contributed by atoms with E-state index in [2.05, 4.69) is 49.8 Å². The zero-order chi connectivity index (χ0) is 13.4. The molecule has 1 saturated heterocycles. The summed E-state index contributed by atoms with van der Waals surface area (Å²) in [4.78, 5) is 5.01. The number of allylic oxidation sites excluding steroid dienone is 3. The number of likely N-dealkylation sites (N-methyl/N-ethyl adjacent to an activating group) is 1. The molecule has 0 spiro atoms. The third-order valence-electron chi connectivity index (χ3n) is 3.60. The second-order valence-corrected chi connectivity index (χ2v) is 5.83. The summed E-state index contributed by atoms with van der Waals surface area (Å²) in [5, 5.41) is 0. The van der Waals surface area contributed by atoms with Crippen LogP contribution in [0.3, 0.4) is 0 Å². The molecule has 1 aliphatic rings. The highest BCUT2D eigenvalue weighted by molar-refractivity contribution is 5.03. The van der Waals surface area contributed by atoms with Crippen LogP contribution >= 0.6 is 0 Å². The average Bonchev–Trinajstić information content (AvgIpc) is 2.51. The van der Waals surface area contributed by atoms with E-state index in [1.807, 2.05) is 0 Å². The summed E-state index contributed by atoms with van der Waals surface area (Å²) in [6, 6.07) is 0. The maximum Gasteiger partial charge on any atom is 0.0166 e. The fourth-order valence-electron chi connectivity index (χ4n) is 2.26. The molecule has 0 aromatic carbocycles. The lowest BCUT2D eigenvalue weighted by atomic mass is 10.1. The molecule has 1 rings (SSSR count). The summed E-state index contributed by atoms with van der Waals surface area (Å²) in [6.45, 7) is 12.7. The molecule has 1 aliphatic heterocycles. The van der Waals surface area contributed by atoms with Gasteiger partial charge in [0.1, 0.15) is 0 Å². The summed E-state index contributed by atoms with van der Waals surface area (Å²) >= 11 is 0. The van der Waals surface area contributed by atoms with Gasteiger partial charge in [-0.1, -0.05) is 23.3 Å². The smallest absolute Gasteiger partial charge is 0.0166 e. The van der Waals surface area contributed by atoms with Gasteiger partial charge in [0, 0.05) is 19.6 Å². The minimum atomic E-state index is 1.13. The molecule has 0 amide bonds. The van der Waals surface area contributed by atoms with Gasteiger partial charge in [-0.2, -0.15) is 0 Å². The van der Waals surface area contributed by atoms with Crippen molar-refractivity contribution in [1.82, 2.24) is 9.80 Å². The van der Waals surface area contributed by atoms with E-state index in [9.17, 15) is 0 Å². The van der Waals surface area contributed by atoms with Gasteiger partial charge < -0.3 is 4.90 Å². The SMILES string of the molecule is CC(C)=CCC/C(C)=C/CN1CCCN(C)CC1. The van der Waals surface area contributed by atoms with E-state index in [4.69, 9.17) is 0 Å². The normalized spacial score (nSPS) is 19.7. The molecule has 0 aromatic heterocycles. The van der Waals surface area contributed by atoms with Crippen LogP contribution in [-0.2, 0) is 0 Å². The Hall–Kier alpha value is -0.600. The van der Waals surface area contributed by atoms with E-state index >= 15 is 0 Å². The maximum absolute atomic E-state index is 2.58. The molecule has 18 heavy (non-hydrogen) atoms. The van der Waals surface area contributed by atoms with Crippen molar-refractivity contribution < 1.29 is 0 Å². The first-order valence-electron chi connectivity index (χ1n) is 7.28. The van der Waals surface area contributed by atoms with Crippen LogP contribution in [0.2, 0.25) is 0 Å². The fraction of sp³-hybridized carbons (Fsp3) is 0.750. The van der Waals surface area contributed by atoms with E-state index in [1.54, 1.807) is 0 Å². The zero-order valence-corrected chi connectivity index (χ0v) is 12.7. The molecule has 1 fully saturated rings. The van der Waals surface area contributed by atoms with Crippen molar-refractivity contribution in [2.24, 2.45) is 0 Å². The third-order valence-corrected chi connectivity index (χ3v) is 3.60. The number of rotatable bonds is 5. The minimum Gasteiger partial charge on any atom is -0.305 e. The first-order chi connectivity index (χ1) is 8.58. The van der Waals surface area contributed by atoms with Crippen molar-refractivity contribution in [2.45, 2.75) is 40.0 Å². The molecule has 1 heterocycles. The standard InChI is InChI=1S/C16H30N2/c1-15(2)7-5-8-16(3)9-12-18-11-6-10-17(4)13-14-18/h7,9H,5-6,8,10-14H2,1-4H3/b16-9+. The minimum absolute atomic E-state index is 1.13. The zero-order valence-electron chi connectivity index (χ0n) is 12.7. The van der Waals surface area contributed by atoms with E-state index in [0.29, 0.717) is 0 Å². The van der Waals surface area contributed by atoms with Crippen LogP contribution in [0.25, 0.3) is 0 Å². The maximum atomic E-state index is 2.58. The van der Waals surface area contributed by atoms with Crippen molar-refractivity contribution in [3.8, 4) is 0 Å². The fourth-order valence-corrected chi connectivity index (χ4v) is 2.26. The van der Waals surface area contributed by atoms with Crippen molar-refractivity contribution in [1.29, 1.82) is 0 Å². The molecule has 2 heteroatoms. The number of hydrogen-bond acceptors (Lipinski definition) is 2. The molecule has 104 valence electrons. The quantitative estimate of drug-likeness (QED) is 0.691. The highest BCUT2D eigenvalue weighted by atomic mass is 15.2. The third kappa shape index (κ3) is 6.97. The van der Waals surface area contributed by atoms with Crippen molar-refractivity contribution in [3.05, 3.63) is 23.3 Å². The Morgan fingerprint density at radius 2 is 1.78 bits per heavy atom. The Bertz CT molecular complexity index is 287. The molecular weight excluding hydrogens is 220 g/mol. The average molecular weight is 250 g/mol. The van der Waals surface area contributed by atoms with E-state index in [-0.39, 0.29) is 0 Å². The molecule has 0 aromatic rings. The molecular formula is C16H30N2. The number of hydrogen-bond donors (Lipinski definition) is 0. The Balaban J connectivity index is 2.26. The van der Waals surface area contributed by atoms with Gasteiger partial charge in [0.05, 0.1) is 0 Å². The van der Waals surface area contributed by atoms with Gasteiger partial charge in [-0.15, -0.1) is 0 Å². The predicted molar refractivity (Wildman–Crippen MR) is 81.0 cm³/mol. The van der Waals surface area contributed by atoms with Crippen LogP contribution in [0.5, 0.6) is 0 Å². The molecule has 0 saturated carbocycles. The molecule has 0 bridgehead atoms. The van der Waals surface area contributed by atoms with Crippen LogP contribution < -0.4 is 0 Å². The molecule has 0 radical (unpaired) electrons. The Morgan fingerprint density at radius 3 is 2.50 bits per heavy atom. The van der Waals surface area contributed by atoms with Gasteiger partial charge in [-0.05, 0) is 60.2 Å². The summed E-state index contributed by atoms with van der Waals surface area (Å²) in [6.07, 6.45) is 8.45. The lowest BCUT2D eigenvalue weighted by molar-refractivity contribution is 0.299. The first kappa shape index (κ1) is 15.5.